The first kappa shape index (κ1) is 28.1. The van der Waals surface area contributed by atoms with Crippen molar-refractivity contribution in [1.82, 2.24) is 0 Å². The van der Waals surface area contributed by atoms with Crippen LogP contribution in [-0.4, -0.2) is 11.1 Å². The summed E-state index contributed by atoms with van der Waals surface area (Å²) >= 11 is 0. The van der Waals surface area contributed by atoms with E-state index >= 15 is 0 Å². The molecule has 1 heterocycles. The number of rotatable bonds is 20. The zero-order chi connectivity index (χ0) is 24.3. The molecule has 1 unspecified atom stereocenters. The van der Waals surface area contributed by atoms with Crippen LogP contribution < -0.4 is 4.57 Å². The number of aliphatic carboxylic acids is 1. The van der Waals surface area contributed by atoms with Gasteiger partial charge in [0.15, 0.2) is 12.4 Å². The van der Waals surface area contributed by atoms with Crippen LogP contribution in [0, 0.1) is 5.92 Å². The van der Waals surface area contributed by atoms with Crippen LogP contribution in [-0.2, 0) is 11.2 Å². The van der Waals surface area contributed by atoms with Gasteiger partial charge in [0.25, 0.3) is 0 Å². The van der Waals surface area contributed by atoms with Gasteiger partial charge in [-0.3, -0.25) is 4.79 Å². The number of nitrogens with zero attached hydrogens (tertiary/aromatic N) is 1. The summed E-state index contributed by atoms with van der Waals surface area (Å²) in [7, 11) is 0. The number of unbranched alkanes of at least 4 members (excludes halogenated alkanes) is 14. The summed E-state index contributed by atoms with van der Waals surface area (Å²) < 4.78 is 2.07. The lowest BCUT2D eigenvalue weighted by Gasteiger charge is -2.13. The SMILES string of the molecule is CCCCCCCCCCCCCCCCCC(Cc1ccccc1-[n+]1ccccc1)C(=O)O. The van der Waals surface area contributed by atoms with Crippen LogP contribution >= 0.6 is 0 Å². The Morgan fingerprint density at radius 1 is 0.706 bits per heavy atom. The van der Waals surface area contributed by atoms with Gasteiger partial charge in [-0.25, -0.2) is 0 Å². The van der Waals surface area contributed by atoms with E-state index in [-0.39, 0.29) is 5.92 Å². The minimum absolute atomic E-state index is 0.313. The number of hydrogen-bond acceptors (Lipinski definition) is 1. The van der Waals surface area contributed by atoms with E-state index in [9.17, 15) is 9.90 Å². The second-order valence-electron chi connectivity index (χ2n) is 9.89. The highest BCUT2D eigenvalue weighted by molar-refractivity contribution is 5.70. The second kappa shape index (κ2) is 18.2. The predicted molar refractivity (Wildman–Crippen MR) is 142 cm³/mol. The molecule has 188 valence electrons. The minimum Gasteiger partial charge on any atom is -0.481 e. The van der Waals surface area contributed by atoms with Crippen LogP contribution in [0.15, 0.2) is 54.9 Å². The number of hydrogen-bond donors (Lipinski definition) is 1. The smallest absolute Gasteiger partial charge is 0.306 e. The molecule has 1 aromatic heterocycles. The van der Waals surface area contributed by atoms with Crippen molar-refractivity contribution < 1.29 is 14.5 Å². The zero-order valence-corrected chi connectivity index (χ0v) is 21.6. The molecule has 1 atom stereocenters. The number of carboxylic acid groups (broad SMARTS) is 1. The third-order valence-corrected chi connectivity index (χ3v) is 6.96. The molecule has 0 aliphatic heterocycles. The lowest BCUT2D eigenvalue weighted by Crippen LogP contribution is -2.31. The van der Waals surface area contributed by atoms with Crippen molar-refractivity contribution in [2.75, 3.05) is 0 Å². The number of pyridine rings is 1. The molecular formula is C31H48NO2+. The van der Waals surface area contributed by atoms with Crippen LogP contribution in [0.5, 0.6) is 0 Å². The first-order valence-corrected chi connectivity index (χ1v) is 14.0. The summed E-state index contributed by atoms with van der Waals surface area (Å²) in [6.45, 7) is 2.28. The first-order valence-electron chi connectivity index (χ1n) is 14.0. The average molecular weight is 467 g/mol. The normalized spacial score (nSPS) is 12.0. The maximum Gasteiger partial charge on any atom is 0.306 e. The Labute approximate surface area is 208 Å². The summed E-state index contributed by atoms with van der Waals surface area (Å²) in [6, 6.07) is 14.2. The molecule has 2 aromatic rings. The Balaban J connectivity index is 1.57. The van der Waals surface area contributed by atoms with Gasteiger partial charge in [0.1, 0.15) is 0 Å². The van der Waals surface area contributed by atoms with E-state index in [0.717, 1.165) is 30.5 Å². The zero-order valence-electron chi connectivity index (χ0n) is 21.6. The van der Waals surface area contributed by atoms with E-state index < -0.39 is 5.97 Å². The van der Waals surface area contributed by atoms with Gasteiger partial charge in [-0.2, -0.15) is 4.57 Å². The summed E-state index contributed by atoms with van der Waals surface area (Å²) in [5, 5.41) is 9.80. The van der Waals surface area contributed by atoms with E-state index in [1.54, 1.807) is 0 Å². The lowest BCUT2D eigenvalue weighted by molar-refractivity contribution is -0.596. The van der Waals surface area contributed by atoms with Crippen molar-refractivity contribution in [1.29, 1.82) is 0 Å². The van der Waals surface area contributed by atoms with Crippen molar-refractivity contribution in [2.45, 2.75) is 116 Å². The van der Waals surface area contributed by atoms with E-state index in [1.165, 1.54) is 83.5 Å². The second-order valence-corrected chi connectivity index (χ2v) is 9.89. The monoisotopic (exact) mass is 466 g/mol. The van der Waals surface area contributed by atoms with Crippen molar-refractivity contribution in [3.63, 3.8) is 0 Å². The maximum atomic E-state index is 11.9. The molecule has 0 spiro atoms. The molecule has 1 aromatic carbocycles. The van der Waals surface area contributed by atoms with Gasteiger partial charge in [-0.05, 0) is 12.8 Å². The van der Waals surface area contributed by atoms with Gasteiger partial charge < -0.3 is 5.11 Å². The first-order chi connectivity index (χ1) is 16.7. The molecule has 0 saturated carbocycles. The highest BCUT2D eigenvalue weighted by Crippen LogP contribution is 2.20. The Morgan fingerprint density at radius 2 is 1.21 bits per heavy atom. The maximum absolute atomic E-state index is 11.9. The minimum atomic E-state index is -0.668. The molecule has 1 N–H and O–H groups in total. The van der Waals surface area contributed by atoms with Crippen molar-refractivity contribution in [3.8, 4) is 5.69 Å². The van der Waals surface area contributed by atoms with Crippen molar-refractivity contribution in [2.24, 2.45) is 5.92 Å². The van der Waals surface area contributed by atoms with E-state index in [0.29, 0.717) is 6.42 Å². The number of aromatic nitrogens is 1. The predicted octanol–water partition coefficient (Wildman–Crippen LogP) is 8.47. The topological polar surface area (TPSA) is 41.2 Å². The largest absolute Gasteiger partial charge is 0.481 e. The summed E-state index contributed by atoms with van der Waals surface area (Å²) in [6.07, 6.45) is 25.4. The highest BCUT2D eigenvalue weighted by Gasteiger charge is 2.21. The Bertz CT molecular complexity index is 774. The Hall–Kier alpha value is -2.16. The van der Waals surface area contributed by atoms with Gasteiger partial charge in [-0.1, -0.05) is 128 Å². The molecule has 3 heteroatoms. The third kappa shape index (κ3) is 11.8. The van der Waals surface area contributed by atoms with E-state index in [4.69, 9.17) is 0 Å². The molecule has 0 aliphatic carbocycles. The fourth-order valence-electron chi connectivity index (χ4n) is 4.83. The lowest BCUT2D eigenvalue weighted by atomic mass is 9.92. The third-order valence-electron chi connectivity index (χ3n) is 6.96. The molecule has 0 aliphatic rings. The van der Waals surface area contributed by atoms with E-state index in [2.05, 4.69) is 23.6 Å². The molecule has 3 nitrogen and oxygen atoms in total. The molecule has 0 fully saturated rings. The van der Waals surface area contributed by atoms with Crippen LogP contribution in [0.1, 0.15) is 115 Å². The number of benzene rings is 1. The number of carbonyl (C=O) groups is 1. The molecule has 2 rings (SSSR count). The van der Waals surface area contributed by atoms with Crippen LogP contribution in [0.3, 0.4) is 0 Å². The van der Waals surface area contributed by atoms with Gasteiger partial charge in [0.05, 0.1) is 5.92 Å². The fourth-order valence-corrected chi connectivity index (χ4v) is 4.83. The molecular weight excluding hydrogens is 418 g/mol. The van der Waals surface area contributed by atoms with Crippen LogP contribution in [0.25, 0.3) is 5.69 Å². The standard InChI is InChI=1S/C31H47NO2/c1-2-3-4-5-6-7-8-9-10-11-12-13-14-15-17-23-29(31(33)34)27-28-22-18-19-24-30(28)32-25-20-16-21-26-32/h16,18-22,24-26,29H,2-15,17,23,27H2,1H3/p+1. The molecule has 0 radical (unpaired) electrons. The van der Waals surface area contributed by atoms with Gasteiger partial charge in [0, 0.05) is 23.8 Å². The Kier molecular flexibility index (Phi) is 15.0. The Morgan fingerprint density at radius 3 is 1.74 bits per heavy atom. The average Bonchev–Trinajstić information content (AvgIpc) is 2.86. The summed E-state index contributed by atoms with van der Waals surface area (Å²) in [4.78, 5) is 11.9. The molecule has 0 bridgehead atoms. The summed E-state index contributed by atoms with van der Waals surface area (Å²) in [5.41, 5.74) is 2.18. The fraction of sp³-hybridized carbons (Fsp3) is 0.613. The van der Waals surface area contributed by atoms with Gasteiger partial charge >= 0.3 is 5.97 Å². The quantitative estimate of drug-likeness (QED) is 0.157. The molecule has 34 heavy (non-hydrogen) atoms. The molecule has 0 saturated heterocycles. The summed E-state index contributed by atoms with van der Waals surface area (Å²) in [5.74, 6) is -0.981. The van der Waals surface area contributed by atoms with E-state index in [1.807, 2.05) is 42.7 Å². The van der Waals surface area contributed by atoms with Crippen molar-refractivity contribution in [3.05, 3.63) is 60.4 Å². The van der Waals surface area contributed by atoms with Crippen molar-refractivity contribution >= 4 is 5.97 Å². The van der Waals surface area contributed by atoms with Crippen LogP contribution in [0.4, 0.5) is 0 Å². The molecule has 0 amide bonds. The number of carboxylic acids is 1. The number of para-hydroxylation sites is 1. The highest BCUT2D eigenvalue weighted by atomic mass is 16.4. The van der Waals surface area contributed by atoms with Crippen LogP contribution in [0.2, 0.25) is 0 Å². The van der Waals surface area contributed by atoms with Gasteiger partial charge in [0.2, 0.25) is 5.69 Å². The van der Waals surface area contributed by atoms with Gasteiger partial charge in [-0.15, -0.1) is 0 Å².